The maximum Gasteiger partial charge on any atom is 0.298 e. The number of halogens is 2. The lowest BCUT2D eigenvalue weighted by Gasteiger charge is -2.33. The molecule has 5 nitrogen and oxygen atoms in total. The summed E-state index contributed by atoms with van der Waals surface area (Å²) in [4.78, 5) is 13.1. The van der Waals surface area contributed by atoms with E-state index >= 15 is 0 Å². The molecule has 0 aliphatic carbocycles. The van der Waals surface area contributed by atoms with Gasteiger partial charge in [-0.2, -0.15) is 4.98 Å². The number of hydrogen-bond acceptors (Lipinski definition) is 5. The van der Waals surface area contributed by atoms with Crippen molar-refractivity contribution in [3.63, 3.8) is 0 Å². The molecule has 7 heteroatoms. The molecule has 1 aliphatic heterocycles. The number of aromatic nitrogens is 2. The van der Waals surface area contributed by atoms with E-state index in [1.807, 2.05) is 6.20 Å². The lowest BCUT2D eigenvalue weighted by Crippen LogP contribution is -2.46. The van der Waals surface area contributed by atoms with E-state index in [1.54, 1.807) is 12.3 Å². The van der Waals surface area contributed by atoms with E-state index in [0.717, 1.165) is 37.2 Å². The van der Waals surface area contributed by atoms with Gasteiger partial charge in [0.2, 0.25) is 0 Å². The van der Waals surface area contributed by atoms with Crippen molar-refractivity contribution in [3.05, 3.63) is 52.5 Å². The minimum Gasteiger partial charge on any atom is -0.423 e. The molecule has 24 heavy (non-hydrogen) atoms. The van der Waals surface area contributed by atoms with Crippen LogP contribution in [-0.2, 0) is 6.54 Å². The van der Waals surface area contributed by atoms with Crippen LogP contribution in [-0.4, -0.2) is 41.0 Å². The summed E-state index contributed by atoms with van der Waals surface area (Å²) in [6.07, 6.45) is 3.68. The third-order valence-corrected chi connectivity index (χ3v) is 4.58. The van der Waals surface area contributed by atoms with E-state index in [4.69, 9.17) is 4.42 Å². The van der Waals surface area contributed by atoms with E-state index in [9.17, 15) is 4.39 Å². The lowest BCUT2D eigenvalue weighted by molar-refractivity contribution is 0.245. The Morgan fingerprint density at radius 1 is 1.12 bits per heavy atom. The van der Waals surface area contributed by atoms with Gasteiger partial charge >= 0.3 is 0 Å². The second-order valence-electron chi connectivity index (χ2n) is 5.88. The van der Waals surface area contributed by atoms with Crippen molar-refractivity contribution in [2.75, 3.05) is 31.1 Å². The summed E-state index contributed by atoms with van der Waals surface area (Å²) in [5, 5.41) is 0. The zero-order valence-electron chi connectivity index (χ0n) is 13.0. The number of hydrogen-bond donors (Lipinski definition) is 0. The van der Waals surface area contributed by atoms with E-state index < -0.39 is 0 Å². The van der Waals surface area contributed by atoms with Crippen LogP contribution in [0.15, 0.2) is 45.5 Å². The van der Waals surface area contributed by atoms with Crippen LogP contribution in [0, 0.1) is 5.82 Å². The molecule has 0 saturated carbocycles. The standard InChI is InChI=1S/C17H16BrFN4O/c18-13-7-12(9-20-10-13)11-22-3-5-23(6-4-22)17-21-15-2-1-14(19)8-16(15)24-17/h1-2,7-10H,3-6,11H2. The molecule has 3 heterocycles. The highest BCUT2D eigenvalue weighted by Crippen LogP contribution is 2.24. The van der Waals surface area contributed by atoms with Gasteiger partial charge in [-0.1, -0.05) is 0 Å². The van der Waals surface area contributed by atoms with Crippen LogP contribution in [0.4, 0.5) is 10.4 Å². The molecule has 0 N–H and O–H groups in total. The third-order valence-electron chi connectivity index (χ3n) is 4.15. The van der Waals surface area contributed by atoms with Crippen molar-refractivity contribution in [1.29, 1.82) is 0 Å². The van der Waals surface area contributed by atoms with Crippen molar-refractivity contribution in [2.45, 2.75) is 6.54 Å². The lowest BCUT2D eigenvalue weighted by atomic mass is 10.2. The number of piperazine rings is 1. The molecular formula is C17H16BrFN4O. The highest BCUT2D eigenvalue weighted by molar-refractivity contribution is 9.10. The van der Waals surface area contributed by atoms with E-state index in [-0.39, 0.29) is 5.82 Å². The first-order valence-electron chi connectivity index (χ1n) is 7.80. The van der Waals surface area contributed by atoms with Crippen LogP contribution >= 0.6 is 15.9 Å². The first-order valence-corrected chi connectivity index (χ1v) is 8.59. The topological polar surface area (TPSA) is 45.4 Å². The summed E-state index contributed by atoms with van der Waals surface area (Å²) in [5.41, 5.74) is 2.37. The fraction of sp³-hybridized carbons (Fsp3) is 0.294. The van der Waals surface area contributed by atoms with Gasteiger partial charge in [0.05, 0.1) is 0 Å². The first kappa shape index (κ1) is 15.5. The second kappa shape index (κ2) is 6.49. The monoisotopic (exact) mass is 390 g/mol. The zero-order chi connectivity index (χ0) is 16.5. The van der Waals surface area contributed by atoms with Gasteiger partial charge in [0.25, 0.3) is 6.01 Å². The fourth-order valence-electron chi connectivity index (χ4n) is 2.92. The van der Waals surface area contributed by atoms with Crippen LogP contribution in [0.5, 0.6) is 0 Å². The molecule has 0 bridgehead atoms. The Bertz CT molecular complexity index is 861. The van der Waals surface area contributed by atoms with Crippen molar-refractivity contribution >= 4 is 33.0 Å². The molecule has 3 aromatic rings. The molecule has 1 aliphatic rings. The number of fused-ring (bicyclic) bond motifs is 1. The predicted molar refractivity (Wildman–Crippen MR) is 93.4 cm³/mol. The van der Waals surface area contributed by atoms with Crippen LogP contribution < -0.4 is 4.90 Å². The third kappa shape index (κ3) is 3.27. The van der Waals surface area contributed by atoms with Gasteiger partial charge in [0.1, 0.15) is 11.3 Å². The first-order chi connectivity index (χ1) is 11.7. The number of nitrogens with zero attached hydrogens (tertiary/aromatic N) is 4. The molecule has 1 saturated heterocycles. The number of anilines is 1. The Labute approximate surface area is 147 Å². The summed E-state index contributed by atoms with van der Waals surface area (Å²) in [6, 6.07) is 7.09. The molecular weight excluding hydrogens is 375 g/mol. The van der Waals surface area contributed by atoms with Gasteiger partial charge in [-0.25, -0.2) is 4.39 Å². The molecule has 124 valence electrons. The zero-order valence-corrected chi connectivity index (χ0v) is 14.5. The molecule has 0 atom stereocenters. The van der Waals surface area contributed by atoms with Crippen LogP contribution in [0.2, 0.25) is 0 Å². The predicted octanol–water partition coefficient (Wildman–Crippen LogP) is 3.45. The number of rotatable bonds is 3. The van der Waals surface area contributed by atoms with Gasteiger partial charge in [-0.05, 0) is 39.7 Å². The van der Waals surface area contributed by atoms with E-state index in [0.29, 0.717) is 17.1 Å². The van der Waals surface area contributed by atoms with Crippen LogP contribution in [0.1, 0.15) is 5.56 Å². The Balaban J connectivity index is 1.41. The highest BCUT2D eigenvalue weighted by Gasteiger charge is 2.21. The largest absolute Gasteiger partial charge is 0.423 e. The van der Waals surface area contributed by atoms with Gasteiger partial charge in [-0.15, -0.1) is 0 Å². The Morgan fingerprint density at radius 3 is 2.75 bits per heavy atom. The maximum atomic E-state index is 13.3. The Morgan fingerprint density at radius 2 is 1.96 bits per heavy atom. The van der Waals surface area contributed by atoms with Crippen molar-refractivity contribution in [1.82, 2.24) is 14.9 Å². The van der Waals surface area contributed by atoms with Crippen molar-refractivity contribution < 1.29 is 8.81 Å². The Hall–Kier alpha value is -1.99. The Kier molecular flexibility index (Phi) is 4.20. The van der Waals surface area contributed by atoms with Crippen molar-refractivity contribution in [3.8, 4) is 0 Å². The van der Waals surface area contributed by atoms with Crippen LogP contribution in [0.25, 0.3) is 11.1 Å². The van der Waals surface area contributed by atoms with E-state index in [2.05, 4.69) is 41.8 Å². The molecule has 0 spiro atoms. The quantitative estimate of drug-likeness (QED) is 0.685. The molecule has 0 amide bonds. The molecule has 0 radical (unpaired) electrons. The molecule has 1 fully saturated rings. The average molecular weight is 391 g/mol. The molecule has 4 rings (SSSR count). The fourth-order valence-corrected chi connectivity index (χ4v) is 3.33. The van der Waals surface area contributed by atoms with E-state index in [1.165, 1.54) is 17.7 Å². The van der Waals surface area contributed by atoms with Gasteiger partial charge in [-0.3, -0.25) is 9.88 Å². The number of oxazole rings is 1. The average Bonchev–Trinajstić information content (AvgIpc) is 2.98. The minimum absolute atomic E-state index is 0.308. The SMILES string of the molecule is Fc1ccc2nc(N3CCN(Cc4cncc(Br)c4)CC3)oc2c1. The smallest absolute Gasteiger partial charge is 0.298 e. The molecule has 0 unspecified atom stereocenters. The number of pyridine rings is 1. The molecule has 2 aromatic heterocycles. The second-order valence-corrected chi connectivity index (χ2v) is 6.80. The number of benzene rings is 1. The van der Waals surface area contributed by atoms with Crippen LogP contribution in [0.3, 0.4) is 0 Å². The molecule has 1 aromatic carbocycles. The summed E-state index contributed by atoms with van der Waals surface area (Å²) in [6.45, 7) is 4.37. The van der Waals surface area contributed by atoms with Gasteiger partial charge in [0, 0.05) is 55.7 Å². The maximum absolute atomic E-state index is 13.3. The minimum atomic E-state index is -0.308. The summed E-state index contributed by atoms with van der Waals surface area (Å²) < 4.78 is 20.0. The van der Waals surface area contributed by atoms with Crippen molar-refractivity contribution in [2.24, 2.45) is 0 Å². The summed E-state index contributed by atoms with van der Waals surface area (Å²) in [5.74, 6) is -0.308. The summed E-state index contributed by atoms with van der Waals surface area (Å²) in [7, 11) is 0. The van der Waals surface area contributed by atoms with Gasteiger partial charge < -0.3 is 9.32 Å². The highest BCUT2D eigenvalue weighted by atomic mass is 79.9. The van der Waals surface area contributed by atoms with Gasteiger partial charge in [0.15, 0.2) is 5.58 Å². The summed E-state index contributed by atoms with van der Waals surface area (Å²) >= 11 is 3.45. The normalized spacial score (nSPS) is 16.0.